The zero-order chi connectivity index (χ0) is 18.3. The SMILES string of the molecule is CCOC(=O)C1(c2cccn3cc(Cn4cc(C(N)=O)cn4)nc23)CC1. The van der Waals surface area contributed by atoms with E-state index in [9.17, 15) is 9.59 Å². The van der Waals surface area contributed by atoms with Gasteiger partial charge in [0.15, 0.2) is 0 Å². The number of carbonyl (C=O) groups is 2. The molecule has 3 heterocycles. The Bertz CT molecular complexity index is 999. The third kappa shape index (κ3) is 2.63. The summed E-state index contributed by atoms with van der Waals surface area (Å²) < 4.78 is 8.78. The van der Waals surface area contributed by atoms with Crippen LogP contribution in [0.1, 0.15) is 41.4 Å². The number of fused-ring (bicyclic) bond motifs is 1. The van der Waals surface area contributed by atoms with Gasteiger partial charge in [0.25, 0.3) is 5.91 Å². The first-order valence-corrected chi connectivity index (χ1v) is 8.50. The molecule has 0 aromatic carbocycles. The molecule has 0 aliphatic heterocycles. The van der Waals surface area contributed by atoms with E-state index in [1.54, 1.807) is 10.9 Å². The molecule has 0 bridgehead atoms. The van der Waals surface area contributed by atoms with Crippen molar-refractivity contribution in [2.45, 2.75) is 31.7 Å². The molecule has 1 saturated carbocycles. The number of rotatable bonds is 6. The minimum Gasteiger partial charge on any atom is -0.465 e. The molecule has 26 heavy (non-hydrogen) atoms. The topological polar surface area (TPSA) is 105 Å². The van der Waals surface area contributed by atoms with Crippen LogP contribution in [0.4, 0.5) is 0 Å². The Morgan fingerprint density at radius 1 is 1.35 bits per heavy atom. The van der Waals surface area contributed by atoms with E-state index in [2.05, 4.69) is 10.1 Å². The number of esters is 1. The maximum Gasteiger partial charge on any atom is 0.316 e. The summed E-state index contributed by atoms with van der Waals surface area (Å²) in [6, 6.07) is 3.85. The summed E-state index contributed by atoms with van der Waals surface area (Å²) in [5, 5.41) is 4.13. The summed E-state index contributed by atoms with van der Waals surface area (Å²) in [7, 11) is 0. The van der Waals surface area contributed by atoms with Crippen molar-refractivity contribution in [3.8, 4) is 0 Å². The number of nitrogens with zero attached hydrogens (tertiary/aromatic N) is 4. The first kappa shape index (κ1) is 16.3. The molecule has 1 aliphatic carbocycles. The van der Waals surface area contributed by atoms with Gasteiger partial charge in [0.05, 0.1) is 36.0 Å². The van der Waals surface area contributed by atoms with Crippen molar-refractivity contribution >= 4 is 17.5 Å². The summed E-state index contributed by atoms with van der Waals surface area (Å²) in [5.41, 5.74) is 7.44. The lowest BCUT2D eigenvalue weighted by molar-refractivity contribution is -0.146. The van der Waals surface area contributed by atoms with E-state index in [1.807, 2.05) is 35.9 Å². The lowest BCUT2D eigenvalue weighted by Gasteiger charge is -2.14. The van der Waals surface area contributed by atoms with Crippen molar-refractivity contribution in [3.63, 3.8) is 0 Å². The van der Waals surface area contributed by atoms with Crippen molar-refractivity contribution in [2.75, 3.05) is 6.61 Å². The van der Waals surface area contributed by atoms with Gasteiger partial charge >= 0.3 is 5.97 Å². The number of imidazole rings is 1. The minimum atomic E-state index is -0.577. The predicted octanol–water partition coefficient (Wildman–Crippen LogP) is 1.27. The fraction of sp³-hybridized carbons (Fsp3) is 0.333. The van der Waals surface area contributed by atoms with Gasteiger partial charge in [-0.25, -0.2) is 4.98 Å². The van der Waals surface area contributed by atoms with Gasteiger partial charge in [-0.2, -0.15) is 5.10 Å². The second-order valence-electron chi connectivity index (χ2n) is 6.48. The molecule has 8 nitrogen and oxygen atoms in total. The second-order valence-corrected chi connectivity index (χ2v) is 6.48. The smallest absolute Gasteiger partial charge is 0.316 e. The average Bonchev–Trinajstić information content (AvgIpc) is 3.10. The van der Waals surface area contributed by atoms with Crippen LogP contribution in [0.15, 0.2) is 36.9 Å². The van der Waals surface area contributed by atoms with Gasteiger partial charge in [-0.1, -0.05) is 6.07 Å². The fourth-order valence-corrected chi connectivity index (χ4v) is 3.23. The Hall–Kier alpha value is -3.16. The summed E-state index contributed by atoms with van der Waals surface area (Å²) in [6.45, 7) is 2.58. The normalized spacial score (nSPS) is 15.1. The maximum atomic E-state index is 12.4. The van der Waals surface area contributed by atoms with Crippen LogP contribution in [0.5, 0.6) is 0 Å². The molecule has 8 heteroatoms. The minimum absolute atomic E-state index is 0.184. The Morgan fingerprint density at radius 2 is 2.15 bits per heavy atom. The van der Waals surface area contributed by atoms with Gasteiger partial charge < -0.3 is 14.9 Å². The average molecular weight is 353 g/mol. The number of hydrogen-bond donors (Lipinski definition) is 1. The lowest BCUT2D eigenvalue weighted by Crippen LogP contribution is -2.24. The molecular formula is C18H19N5O3. The zero-order valence-corrected chi connectivity index (χ0v) is 14.4. The van der Waals surface area contributed by atoms with Crippen LogP contribution in [0.25, 0.3) is 5.65 Å². The molecule has 1 fully saturated rings. The Kier molecular flexibility index (Phi) is 3.75. The number of hydrogen-bond acceptors (Lipinski definition) is 5. The van der Waals surface area contributed by atoms with Crippen LogP contribution < -0.4 is 5.73 Å². The van der Waals surface area contributed by atoms with E-state index in [0.717, 1.165) is 29.7 Å². The molecule has 2 N–H and O–H groups in total. The molecule has 0 saturated heterocycles. The van der Waals surface area contributed by atoms with Crippen molar-refractivity contribution in [2.24, 2.45) is 5.73 Å². The van der Waals surface area contributed by atoms with E-state index < -0.39 is 11.3 Å². The van der Waals surface area contributed by atoms with Crippen molar-refractivity contribution in [1.29, 1.82) is 0 Å². The molecule has 3 aromatic heterocycles. The van der Waals surface area contributed by atoms with Crippen LogP contribution in [0.2, 0.25) is 0 Å². The molecule has 4 rings (SSSR count). The van der Waals surface area contributed by atoms with Gasteiger partial charge in [0.1, 0.15) is 5.65 Å². The van der Waals surface area contributed by atoms with Gasteiger partial charge in [-0.15, -0.1) is 0 Å². The molecule has 0 radical (unpaired) electrons. The number of pyridine rings is 1. The molecule has 0 spiro atoms. The molecule has 1 aliphatic rings. The maximum absolute atomic E-state index is 12.4. The fourth-order valence-electron chi connectivity index (χ4n) is 3.23. The highest BCUT2D eigenvalue weighted by atomic mass is 16.5. The van der Waals surface area contributed by atoms with Crippen LogP contribution >= 0.6 is 0 Å². The van der Waals surface area contributed by atoms with Gasteiger partial charge in [-0.05, 0) is 25.8 Å². The number of aromatic nitrogens is 4. The zero-order valence-electron chi connectivity index (χ0n) is 14.4. The first-order valence-electron chi connectivity index (χ1n) is 8.50. The quantitative estimate of drug-likeness (QED) is 0.672. The molecule has 0 unspecified atom stereocenters. The largest absolute Gasteiger partial charge is 0.465 e. The molecule has 134 valence electrons. The van der Waals surface area contributed by atoms with Crippen molar-refractivity contribution < 1.29 is 14.3 Å². The van der Waals surface area contributed by atoms with E-state index in [-0.39, 0.29) is 5.97 Å². The second kappa shape index (κ2) is 5.98. The van der Waals surface area contributed by atoms with Gasteiger partial charge in [0.2, 0.25) is 0 Å². The standard InChI is InChI=1S/C18H19N5O3/c1-2-26-17(25)18(5-6-18)14-4-3-7-22-10-13(21-16(14)22)11-23-9-12(8-20-23)15(19)24/h3-4,7-10H,2,5-6,11H2,1H3,(H2,19,24). The summed E-state index contributed by atoms with van der Waals surface area (Å²) in [5.74, 6) is -0.700. The number of carbonyl (C=O) groups excluding carboxylic acids is 2. The highest BCUT2D eigenvalue weighted by molar-refractivity contribution is 5.92. The van der Waals surface area contributed by atoms with Crippen LogP contribution in [-0.4, -0.2) is 37.6 Å². The summed E-state index contributed by atoms with van der Waals surface area (Å²) in [4.78, 5) is 28.3. The number of primary amides is 1. The van der Waals surface area contributed by atoms with Crippen LogP contribution in [-0.2, 0) is 21.5 Å². The van der Waals surface area contributed by atoms with Crippen molar-refractivity contribution in [1.82, 2.24) is 19.2 Å². The van der Waals surface area contributed by atoms with Crippen LogP contribution in [0, 0.1) is 0 Å². The first-order chi connectivity index (χ1) is 12.5. The monoisotopic (exact) mass is 353 g/mol. The number of nitrogens with two attached hydrogens (primary N) is 1. The highest BCUT2D eigenvalue weighted by Crippen LogP contribution is 2.50. The Balaban J connectivity index is 1.67. The number of ether oxygens (including phenoxy) is 1. The molecule has 3 aromatic rings. The van der Waals surface area contributed by atoms with Crippen LogP contribution in [0.3, 0.4) is 0 Å². The number of amides is 1. The third-order valence-electron chi connectivity index (χ3n) is 4.71. The van der Waals surface area contributed by atoms with E-state index >= 15 is 0 Å². The Labute approximate surface area is 149 Å². The highest BCUT2D eigenvalue weighted by Gasteiger charge is 2.54. The van der Waals surface area contributed by atoms with E-state index in [4.69, 9.17) is 10.5 Å². The summed E-state index contributed by atoms with van der Waals surface area (Å²) >= 11 is 0. The molecule has 0 atom stereocenters. The van der Waals surface area contributed by atoms with E-state index in [0.29, 0.717) is 18.7 Å². The summed E-state index contributed by atoms with van der Waals surface area (Å²) in [6.07, 6.45) is 8.36. The lowest BCUT2D eigenvalue weighted by atomic mass is 9.97. The molecular weight excluding hydrogens is 334 g/mol. The predicted molar refractivity (Wildman–Crippen MR) is 92.6 cm³/mol. The van der Waals surface area contributed by atoms with Crippen molar-refractivity contribution in [3.05, 3.63) is 53.7 Å². The Morgan fingerprint density at radius 3 is 2.81 bits per heavy atom. The third-order valence-corrected chi connectivity index (χ3v) is 4.71. The van der Waals surface area contributed by atoms with E-state index in [1.165, 1.54) is 6.20 Å². The van der Waals surface area contributed by atoms with Gasteiger partial charge in [0, 0.05) is 24.2 Å². The molecule has 1 amide bonds. The van der Waals surface area contributed by atoms with Gasteiger partial charge in [-0.3, -0.25) is 14.3 Å².